The number of carbonyl (C=O) groups excluding carboxylic acids is 2. The second kappa shape index (κ2) is 9.59. The minimum atomic E-state index is -0.450. The van der Waals surface area contributed by atoms with E-state index in [1.165, 1.54) is 11.3 Å². The first kappa shape index (κ1) is 20.8. The summed E-state index contributed by atoms with van der Waals surface area (Å²) in [7, 11) is 0. The van der Waals surface area contributed by atoms with Gasteiger partial charge in [-0.2, -0.15) is 4.68 Å². The fourth-order valence-electron chi connectivity index (χ4n) is 2.75. The van der Waals surface area contributed by atoms with Crippen molar-refractivity contribution in [3.05, 3.63) is 93.6 Å². The van der Waals surface area contributed by atoms with E-state index in [2.05, 4.69) is 10.4 Å². The highest BCUT2D eigenvalue weighted by molar-refractivity contribution is 7.99. The maximum Gasteiger partial charge on any atom is 0.316 e. The standard InChI is InChI=1S/C22H17N3O4S2/c26-18(29-13-15-7-3-1-4-8-15)14-31-22-23-17-11-12-30-19(17)21(28)25(22)24-20(27)16-9-5-2-6-10-16/h1-12H,13-14H2,(H,24,27). The van der Waals surface area contributed by atoms with Crippen LogP contribution in [0.3, 0.4) is 0 Å². The van der Waals surface area contributed by atoms with Crippen LogP contribution in [0.15, 0.2) is 82.1 Å². The molecule has 7 nitrogen and oxygen atoms in total. The number of hydrogen-bond donors (Lipinski definition) is 1. The van der Waals surface area contributed by atoms with Crippen LogP contribution in [0.25, 0.3) is 10.2 Å². The first-order valence-corrected chi connectivity index (χ1v) is 11.2. The number of thioether (sulfide) groups is 1. The molecule has 2 aromatic carbocycles. The number of aromatic nitrogens is 2. The summed E-state index contributed by atoms with van der Waals surface area (Å²) in [5, 5.41) is 1.96. The van der Waals surface area contributed by atoms with Gasteiger partial charge in [0.05, 0.1) is 11.3 Å². The van der Waals surface area contributed by atoms with E-state index in [9.17, 15) is 14.4 Å². The lowest BCUT2D eigenvalue weighted by Gasteiger charge is -2.13. The van der Waals surface area contributed by atoms with Crippen LogP contribution in [0.1, 0.15) is 15.9 Å². The lowest BCUT2D eigenvalue weighted by atomic mass is 10.2. The number of carbonyl (C=O) groups is 2. The van der Waals surface area contributed by atoms with E-state index in [4.69, 9.17) is 4.74 Å². The van der Waals surface area contributed by atoms with Gasteiger partial charge < -0.3 is 4.74 Å². The van der Waals surface area contributed by atoms with Crippen LogP contribution in [0.5, 0.6) is 0 Å². The predicted molar refractivity (Wildman–Crippen MR) is 121 cm³/mol. The third kappa shape index (κ3) is 5.01. The molecule has 0 spiro atoms. The van der Waals surface area contributed by atoms with Crippen LogP contribution in [0.2, 0.25) is 0 Å². The van der Waals surface area contributed by atoms with Crippen molar-refractivity contribution >= 4 is 45.2 Å². The molecule has 1 amide bonds. The molecule has 2 aromatic heterocycles. The number of esters is 1. The number of amides is 1. The summed E-state index contributed by atoms with van der Waals surface area (Å²) in [5.74, 6) is -0.959. The highest BCUT2D eigenvalue weighted by Gasteiger charge is 2.17. The number of benzene rings is 2. The minimum absolute atomic E-state index is 0.0594. The third-order valence-electron chi connectivity index (χ3n) is 4.26. The van der Waals surface area contributed by atoms with Crippen molar-refractivity contribution in [1.82, 2.24) is 9.66 Å². The van der Waals surface area contributed by atoms with Gasteiger partial charge in [0.25, 0.3) is 11.5 Å². The lowest BCUT2D eigenvalue weighted by molar-refractivity contribution is -0.141. The Bertz CT molecular complexity index is 1270. The molecule has 0 aliphatic heterocycles. The first-order chi connectivity index (χ1) is 15.1. The van der Waals surface area contributed by atoms with Crippen molar-refractivity contribution in [1.29, 1.82) is 0 Å². The molecular formula is C22H17N3O4S2. The smallest absolute Gasteiger partial charge is 0.316 e. The maximum atomic E-state index is 12.9. The van der Waals surface area contributed by atoms with Crippen LogP contribution in [-0.4, -0.2) is 27.3 Å². The van der Waals surface area contributed by atoms with E-state index in [-0.39, 0.29) is 17.5 Å². The summed E-state index contributed by atoms with van der Waals surface area (Å²) in [5.41, 5.74) is 3.99. The van der Waals surface area contributed by atoms with Crippen LogP contribution in [0.4, 0.5) is 0 Å². The first-order valence-electron chi connectivity index (χ1n) is 9.31. The number of ether oxygens (including phenoxy) is 1. The van der Waals surface area contributed by atoms with Crippen molar-refractivity contribution < 1.29 is 14.3 Å². The van der Waals surface area contributed by atoms with Crippen LogP contribution in [-0.2, 0) is 16.1 Å². The minimum Gasteiger partial charge on any atom is -0.460 e. The highest BCUT2D eigenvalue weighted by Crippen LogP contribution is 2.20. The van der Waals surface area contributed by atoms with Gasteiger partial charge in [0.2, 0.25) is 0 Å². The summed E-state index contributed by atoms with van der Waals surface area (Å²) in [6, 6.07) is 19.6. The Morgan fingerprint density at radius 3 is 2.48 bits per heavy atom. The average molecular weight is 452 g/mol. The summed E-state index contributed by atoms with van der Waals surface area (Å²) < 4.78 is 6.79. The second-order valence-corrected chi connectivity index (χ2v) is 8.27. The van der Waals surface area contributed by atoms with Gasteiger partial charge in [-0.05, 0) is 29.1 Å². The van der Waals surface area contributed by atoms with Gasteiger partial charge in [0.1, 0.15) is 11.3 Å². The molecule has 0 aliphatic carbocycles. The van der Waals surface area contributed by atoms with Gasteiger partial charge in [0, 0.05) is 5.56 Å². The molecular weight excluding hydrogens is 434 g/mol. The zero-order valence-electron chi connectivity index (χ0n) is 16.2. The quantitative estimate of drug-likeness (QED) is 0.262. The van der Waals surface area contributed by atoms with E-state index in [0.29, 0.717) is 15.8 Å². The lowest BCUT2D eigenvalue weighted by Crippen LogP contribution is -2.35. The SMILES string of the molecule is O=C(CSc1nc2ccsc2c(=O)n1NC(=O)c1ccccc1)OCc1ccccc1. The van der Waals surface area contributed by atoms with Crippen molar-refractivity contribution in [3.63, 3.8) is 0 Å². The Morgan fingerprint density at radius 2 is 1.74 bits per heavy atom. The van der Waals surface area contributed by atoms with E-state index < -0.39 is 17.4 Å². The maximum absolute atomic E-state index is 12.9. The topological polar surface area (TPSA) is 90.3 Å². The van der Waals surface area contributed by atoms with Crippen LogP contribution in [0, 0.1) is 0 Å². The monoisotopic (exact) mass is 451 g/mol. The zero-order valence-corrected chi connectivity index (χ0v) is 17.8. The van der Waals surface area contributed by atoms with Gasteiger partial charge in [0.15, 0.2) is 5.16 Å². The molecule has 0 saturated heterocycles. The Balaban J connectivity index is 1.52. The molecule has 0 unspecified atom stereocenters. The van der Waals surface area contributed by atoms with Gasteiger partial charge in [-0.3, -0.25) is 19.8 Å². The Hall–Kier alpha value is -3.43. The van der Waals surface area contributed by atoms with Gasteiger partial charge in [-0.1, -0.05) is 60.3 Å². The Kier molecular flexibility index (Phi) is 6.44. The van der Waals surface area contributed by atoms with Crippen LogP contribution < -0.4 is 11.0 Å². The fraction of sp³-hybridized carbons (Fsp3) is 0.0909. The van der Waals surface area contributed by atoms with E-state index in [0.717, 1.165) is 22.0 Å². The van der Waals surface area contributed by atoms with Gasteiger partial charge in [-0.25, -0.2) is 4.98 Å². The highest BCUT2D eigenvalue weighted by atomic mass is 32.2. The normalized spacial score (nSPS) is 10.7. The molecule has 31 heavy (non-hydrogen) atoms. The Labute approximate surface area is 185 Å². The molecule has 9 heteroatoms. The van der Waals surface area contributed by atoms with E-state index >= 15 is 0 Å². The van der Waals surface area contributed by atoms with Crippen LogP contribution >= 0.6 is 23.1 Å². The van der Waals surface area contributed by atoms with E-state index in [1.54, 1.807) is 41.8 Å². The number of thiophene rings is 1. The van der Waals surface area contributed by atoms with E-state index in [1.807, 2.05) is 30.3 Å². The van der Waals surface area contributed by atoms with Gasteiger partial charge in [-0.15, -0.1) is 11.3 Å². The number of hydrogen-bond acceptors (Lipinski definition) is 7. The number of fused-ring (bicyclic) bond motifs is 1. The predicted octanol–water partition coefficient (Wildman–Crippen LogP) is 3.68. The molecule has 0 aliphatic rings. The average Bonchev–Trinajstić information content (AvgIpc) is 3.28. The number of nitrogens with zero attached hydrogens (tertiary/aromatic N) is 2. The number of nitrogens with one attached hydrogen (secondary N) is 1. The fourth-order valence-corrected chi connectivity index (χ4v) is 4.26. The summed E-state index contributed by atoms with van der Waals surface area (Å²) in [6.07, 6.45) is 0. The largest absolute Gasteiger partial charge is 0.460 e. The van der Waals surface area contributed by atoms with Crippen molar-refractivity contribution in [2.75, 3.05) is 11.2 Å². The molecule has 4 rings (SSSR count). The molecule has 0 radical (unpaired) electrons. The van der Waals surface area contributed by atoms with Gasteiger partial charge >= 0.3 is 5.97 Å². The molecule has 0 fully saturated rings. The zero-order chi connectivity index (χ0) is 21.6. The molecule has 0 saturated carbocycles. The molecule has 4 aromatic rings. The number of rotatable bonds is 7. The molecule has 0 bridgehead atoms. The molecule has 1 N–H and O–H groups in total. The Morgan fingerprint density at radius 1 is 1.03 bits per heavy atom. The second-order valence-electron chi connectivity index (χ2n) is 6.41. The summed E-state index contributed by atoms with van der Waals surface area (Å²) in [4.78, 5) is 42.2. The van der Waals surface area contributed by atoms with Crippen molar-refractivity contribution in [2.24, 2.45) is 0 Å². The summed E-state index contributed by atoms with van der Waals surface area (Å²) in [6.45, 7) is 0.161. The molecule has 0 atom stereocenters. The van der Waals surface area contributed by atoms with Crippen molar-refractivity contribution in [2.45, 2.75) is 11.8 Å². The summed E-state index contributed by atoms with van der Waals surface area (Å²) >= 11 is 2.27. The molecule has 2 heterocycles. The van der Waals surface area contributed by atoms with Crippen molar-refractivity contribution in [3.8, 4) is 0 Å². The third-order valence-corrected chi connectivity index (χ3v) is 6.06. The molecule has 156 valence electrons.